The zero-order chi connectivity index (χ0) is 12.0. The minimum Gasteiger partial charge on any atom is -0.380 e. The molecule has 16 heavy (non-hydrogen) atoms. The summed E-state index contributed by atoms with van der Waals surface area (Å²) in [5, 5.41) is 5.53. The topological polar surface area (TPSA) is 67.2 Å². The van der Waals surface area contributed by atoms with E-state index in [4.69, 9.17) is 5.73 Å². The van der Waals surface area contributed by atoms with Crippen LogP contribution in [0.1, 0.15) is 6.42 Å². The van der Waals surface area contributed by atoms with Crippen LogP contribution in [0, 0.1) is 5.82 Å². The first-order valence-corrected chi connectivity index (χ1v) is 5.08. The lowest BCUT2D eigenvalue weighted by molar-refractivity contribution is -0.120. The van der Waals surface area contributed by atoms with Gasteiger partial charge in [-0.2, -0.15) is 0 Å². The van der Waals surface area contributed by atoms with E-state index < -0.39 is 0 Å². The van der Waals surface area contributed by atoms with E-state index >= 15 is 0 Å². The second-order valence-electron chi connectivity index (χ2n) is 3.46. The van der Waals surface area contributed by atoms with Gasteiger partial charge in [-0.05, 0) is 18.2 Å². The van der Waals surface area contributed by atoms with E-state index in [1.807, 2.05) is 0 Å². The molecule has 0 fully saturated rings. The highest BCUT2D eigenvalue weighted by Crippen LogP contribution is 2.11. The lowest BCUT2D eigenvalue weighted by Gasteiger charge is -2.17. The number of anilines is 1. The number of rotatable bonds is 5. The molecule has 0 aliphatic carbocycles. The lowest BCUT2D eigenvalue weighted by Crippen LogP contribution is -2.34. The maximum atomic E-state index is 12.9. The van der Waals surface area contributed by atoms with Gasteiger partial charge in [0.05, 0.1) is 0 Å². The fourth-order valence-corrected chi connectivity index (χ4v) is 1.33. The molecule has 1 unspecified atom stereocenters. The Bertz CT molecular complexity index is 357. The van der Waals surface area contributed by atoms with Crippen LogP contribution in [0.25, 0.3) is 0 Å². The number of carbonyl (C=O) groups excluding carboxylic acids is 1. The van der Waals surface area contributed by atoms with E-state index in [-0.39, 0.29) is 24.2 Å². The Labute approximate surface area is 94.0 Å². The highest BCUT2D eigenvalue weighted by atomic mass is 19.1. The molecule has 1 rings (SSSR count). The molecule has 4 nitrogen and oxygen atoms in total. The van der Waals surface area contributed by atoms with Gasteiger partial charge < -0.3 is 16.4 Å². The van der Waals surface area contributed by atoms with Crippen molar-refractivity contribution in [3.8, 4) is 0 Å². The van der Waals surface area contributed by atoms with E-state index in [0.717, 1.165) is 0 Å². The van der Waals surface area contributed by atoms with Gasteiger partial charge in [-0.15, -0.1) is 0 Å². The van der Waals surface area contributed by atoms with E-state index in [1.165, 1.54) is 12.1 Å². The number of hydrogen-bond acceptors (Lipinski definition) is 3. The standard InChI is InChI=1S/C11H16FN3O/c1-14-11(16)6-10(7-13)15-9-4-2-3-8(12)5-9/h2-5,10,15H,6-7,13H2,1H3,(H,14,16). The van der Waals surface area contributed by atoms with Gasteiger partial charge in [0.25, 0.3) is 0 Å². The summed E-state index contributed by atoms with van der Waals surface area (Å²) in [6.07, 6.45) is 0.267. The summed E-state index contributed by atoms with van der Waals surface area (Å²) in [6, 6.07) is 5.87. The van der Waals surface area contributed by atoms with Crippen LogP contribution in [0.5, 0.6) is 0 Å². The summed E-state index contributed by atoms with van der Waals surface area (Å²) < 4.78 is 12.9. The van der Waals surface area contributed by atoms with Gasteiger partial charge in [-0.3, -0.25) is 4.79 Å². The molecule has 1 atom stereocenters. The summed E-state index contributed by atoms with van der Waals surface area (Å²) in [5.74, 6) is -0.417. The SMILES string of the molecule is CNC(=O)CC(CN)Nc1cccc(F)c1. The van der Waals surface area contributed by atoms with E-state index in [2.05, 4.69) is 10.6 Å². The number of carbonyl (C=O) groups is 1. The molecule has 88 valence electrons. The average Bonchev–Trinajstić information content (AvgIpc) is 2.28. The molecule has 0 bridgehead atoms. The molecule has 0 aromatic heterocycles. The van der Waals surface area contributed by atoms with Crippen LogP contribution in [-0.4, -0.2) is 25.5 Å². The smallest absolute Gasteiger partial charge is 0.221 e. The highest BCUT2D eigenvalue weighted by Gasteiger charge is 2.11. The Balaban J connectivity index is 2.59. The van der Waals surface area contributed by atoms with E-state index in [9.17, 15) is 9.18 Å². The minimum atomic E-state index is -0.319. The van der Waals surface area contributed by atoms with Crippen LogP contribution in [0.3, 0.4) is 0 Å². The monoisotopic (exact) mass is 225 g/mol. The zero-order valence-corrected chi connectivity index (χ0v) is 9.16. The normalized spacial score (nSPS) is 11.9. The molecule has 1 amide bonds. The van der Waals surface area contributed by atoms with E-state index in [1.54, 1.807) is 19.2 Å². The van der Waals surface area contributed by atoms with Crippen LogP contribution in [-0.2, 0) is 4.79 Å². The predicted octanol–water partition coefficient (Wildman–Crippen LogP) is 0.701. The van der Waals surface area contributed by atoms with Gasteiger partial charge in [0, 0.05) is 31.7 Å². The first kappa shape index (κ1) is 12.4. The van der Waals surface area contributed by atoms with Crippen molar-refractivity contribution >= 4 is 11.6 Å². The van der Waals surface area contributed by atoms with Gasteiger partial charge in [-0.1, -0.05) is 6.07 Å². The van der Waals surface area contributed by atoms with Gasteiger partial charge in [-0.25, -0.2) is 4.39 Å². The lowest BCUT2D eigenvalue weighted by atomic mass is 10.2. The molecule has 0 saturated heterocycles. The van der Waals surface area contributed by atoms with Gasteiger partial charge >= 0.3 is 0 Å². The van der Waals surface area contributed by atoms with E-state index in [0.29, 0.717) is 12.2 Å². The third kappa shape index (κ3) is 3.86. The van der Waals surface area contributed by atoms with Crippen LogP contribution < -0.4 is 16.4 Å². The second kappa shape index (κ2) is 6.07. The van der Waals surface area contributed by atoms with Crippen molar-refractivity contribution in [3.05, 3.63) is 30.1 Å². The third-order valence-corrected chi connectivity index (χ3v) is 2.19. The van der Waals surface area contributed by atoms with Crippen molar-refractivity contribution < 1.29 is 9.18 Å². The predicted molar refractivity (Wildman–Crippen MR) is 61.5 cm³/mol. The molecule has 0 spiro atoms. The maximum Gasteiger partial charge on any atom is 0.221 e. The molecule has 0 aliphatic rings. The molecule has 0 radical (unpaired) electrons. The van der Waals surface area contributed by atoms with Crippen molar-refractivity contribution in [2.24, 2.45) is 5.73 Å². The van der Waals surface area contributed by atoms with Crippen LogP contribution in [0.15, 0.2) is 24.3 Å². The Morgan fingerprint density at radius 3 is 2.88 bits per heavy atom. The summed E-state index contributed by atoms with van der Waals surface area (Å²) in [4.78, 5) is 11.2. The fraction of sp³-hybridized carbons (Fsp3) is 0.364. The largest absolute Gasteiger partial charge is 0.380 e. The van der Waals surface area contributed by atoms with Crippen molar-refractivity contribution in [3.63, 3.8) is 0 Å². The van der Waals surface area contributed by atoms with Crippen molar-refractivity contribution in [1.82, 2.24) is 5.32 Å². The molecule has 4 N–H and O–H groups in total. The van der Waals surface area contributed by atoms with Gasteiger partial charge in [0.15, 0.2) is 0 Å². The third-order valence-electron chi connectivity index (χ3n) is 2.19. The fourth-order valence-electron chi connectivity index (χ4n) is 1.33. The number of nitrogens with two attached hydrogens (primary N) is 1. The molecule has 5 heteroatoms. The number of hydrogen-bond donors (Lipinski definition) is 3. The molecule has 0 aliphatic heterocycles. The highest BCUT2D eigenvalue weighted by molar-refractivity contribution is 5.76. The zero-order valence-electron chi connectivity index (χ0n) is 9.16. The first-order chi connectivity index (χ1) is 7.65. The number of nitrogens with one attached hydrogen (secondary N) is 2. The average molecular weight is 225 g/mol. The molecular formula is C11H16FN3O. The minimum absolute atomic E-state index is 0.0978. The molecule has 1 aromatic carbocycles. The number of halogens is 1. The van der Waals surface area contributed by atoms with Gasteiger partial charge in [0.1, 0.15) is 5.82 Å². The number of benzene rings is 1. The molecule has 1 aromatic rings. The van der Waals surface area contributed by atoms with Crippen LogP contribution >= 0.6 is 0 Å². The summed E-state index contributed by atoms with van der Waals surface area (Å²) >= 11 is 0. The summed E-state index contributed by atoms with van der Waals surface area (Å²) in [6.45, 7) is 0.309. The quantitative estimate of drug-likeness (QED) is 0.691. The Kier molecular flexibility index (Phi) is 4.72. The second-order valence-corrected chi connectivity index (χ2v) is 3.46. The van der Waals surface area contributed by atoms with Crippen molar-refractivity contribution in [2.75, 3.05) is 18.9 Å². The first-order valence-electron chi connectivity index (χ1n) is 5.08. The molecular weight excluding hydrogens is 209 g/mol. The summed E-state index contributed by atoms with van der Waals surface area (Å²) in [7, 11) is 1.57. The van der Waals surface area contributed by atoms with Gasteiger partial charge in [0.2, 0.25) is 5.91 Å². The van der Waals surface area contributed by atoms with Crippen molar-refractivity contribution in [1.29, 1.82) is 0 Å². The Morgan fingerprint density at radius 2 is 2.31 bits per heavy atom. The Hall–Kier alpha value is -1.62. The molecule has 0 heterocycles. The van der Waals surface area contributed by atoms with Crippen molar-refractivity contribution in [2.45, 2.75) is 12.5 Å². The maximum absolute atomic E-state index is 12.9. The molecule has 0 saturated carbocycles. The Morgan fingerprint density at radius 1 is 1.56 bits per heavy atom. The van der Waals surface area contributed by atoms with Crippen LogP contribution in [0.2, 0.25) is 0 Å². The summed E-state index contributed by atoms with van der Waals surface area (Å²) in [5.41, 5.74) is 6.15. The van der Waals surface area contributed by atoms with Crippen LogP contribution in [0.4, 0.5) is 10.1 Å². The number of amides is 1.